The summed E-state index contributed by atoms with van der Waals surface area (Å²) in [5.41, 5.74) is 3.22. The minimum atomic E-state index is -0.760. The molecule has 186 valence electrons. The summed E-state index contributed by atoms with van der Waals surface area (Å²) in [4.78, 5) is 29.3. The van der Waals surface area contributed by atoms with E-state index in [1.807, 2.05) is 36.4 Å². The first-order chi connectivity index (χ1) is 18.1. The molecule has 2 aromatic carbocycles. The molecule has 2 aliphatic rings. The number of allylic oxidation sites excluding steroid dienone is 1. The molecule has 0 bridgehead atoms. The van der Waals surface area contributed by atoms with Crippen molar-refractivity contribution in [3.05, 3.63) is 108 Å². The largest absolute Gasteiger partial charge is 0.497 e. The Morgan fingerprint density at radius 2 is 1.68 bits per heavy atom. The lowest BCUT2D eigenvalue weighted by Gasteiger charge is -2.33. The summed E-state index contributed by atoms with van der Waals surface area (Å²) in [7, 11) is 1.59. The summed E-state index contributed by atoms with van der Waals surface area (Å²) in [6.07, 6.45) is 4.01. The predicted octanol–water partition coefficient (Wildman–Crippen LogP) is 6.49. The number of para-hydroxylation sites is 2. The van der Waals surface area contributed by atoms with Crippen LogP contribution in [0.5, 0.6) is 5.75 Å². The smallest absolute Gasteiger partial charge is 0.327 e. The minimum Gasteiger partial charge on any atom is -0.497 e. The molecule has 0 spiro atoms. The molecule has 37 heavy (non-hydrogen) atoms. The fourth-order valence-electron chi connectivity index (χ4n) is 5.11. The molecule has 8 nitrogen and oxygen atoms in total. The number of amides is 2. The molecule has 2 aromatic heterocycles. The Hall–Kier alpha value is -4.72. The van der Waals surface area contributed by atoms with E-state index in [-0.39, 0.29) is 18.1 Å². The number of hydrogen-bond donors (Lipinski definition) is 2. The molecule has 6 rings (SSSR count). The first-order valence-electron chi connectivity index (χ1n) is 12.1. The molecule has 2 atom stereocenters. The Morgan fingerprint density at radius 1 is 0.946 bits per heavy atom. The highest BCUT2D eigenvalue weighted by Gasteiger charge is 2.43. The maximum absolute atomic E-state index is 13.9. The number of ketones is 1. The third-order valence-corrected chi connectivity index (χ3v) is 6.81. The lowest BCUT2D eigenvalue weighted by molar-refractivity contribution is -0.116. The van der Waals surface area contributed by atoms with Crippen molar-refractivity contribution in [1.29, 1.82) is 0 Å². The highest BCUT2D eigenvalue weighted by molar-refractivity contribution is 6.09. The standard InChI is InChI=1S/C29H25N3O5/c1-35-20-12-10-19(11-13-20)30-29(34)32-23-7-3-2-6-21(23)31-22-16-18(25-8-4-14-36-25)17-24(33)27(22)28(32)26-9-5-15-37-26/h2-15,18,28,31H,16-17H2,1H3,(H,30,34)/t18-,28-/m1/s1. The lowest BCUT2D eigenvalue weighted by atomic mass is 9.81. The molecular weight excluding hydrogens is 470 g/mol. The number of anilines is 3. The number of furan rings is 2. The summed E-state index contributed by atoms with van der Waals surface area (Å²) >= 11 is 0. The molecule has 0 saturated carbocycles. The number of methoxy groups -OCH3 is 1. The number of nitrogens with one attached hydrogen (secondary N) is 2. The first kappa shape index (κ1) is 22.7. The number of ether oxygens (including phenoxy) is 1. The van der Waals surface area contributed by atoms with E-state index in [0.717, 1.165) is 17.1 Å². The molecule has 0 unspecified atom stereocenters. The van der Waals surface area contributed by atoms with E-state index < -0.39 is 12.1 Å². The monoisotopic (exact) mass is 495 g/mol. The molecule has 8 heteroatoms. The van der Waals surface area contributed by atoms with Gasteiger partial charge < -0.3 is 24.2 Å². The van der Waals surface area contributed by atoms with Gasteiger partial charge in [0.15, 0.2) is 5.78 Å². The molecule has 2 amide bonds. The van der Waals surface area contributed by atoms with E-state index in [1.54, 1.807) is 60.9 Å². The van der Waals surface area contributed by atoms with E-state index in [4.69, 9.17) is 13.6 Å². The molecule has 1 aliphatic carbocycles. The molecule has 0 fully saturated rings. The second-order valence-corrected chi connectivity index (χ2v) is 9.02. The SMILES string of the molecule is COc1ccc(NC(=O)N2c3ccccc3NC3=C(C(=O)C[C@H](c4ccco4)C3)[C@H]2c2ccco2)cc1. The fourth-order valence-corrected chi connectivity index (χ4v) is 5.11. The van der Waals surface area contributed by atoms with Crippen LogP contribution in [-0.2, 0) is 4.79 Å². The second kappa shape index (κ2) is 9.39. The normalized spacial score (nSPS) is 18.9. The van der Waals surface area contributed by atoms with Gasteiger partial charge in [-0.2, -0.15) is 0 Å². The topological polar surface area (TPSA) is 97.0 Å². The minimum absolute atomic E-state index is 0.0633. The number of nitrogens with zero attached hydrogens (tertiary/aromatic N) is 1. The van der Waals surface area contributed by atoms with Crippen molar-refractivity contribution >= 4 is 28.9 Å². The van der Waals surface area contributed by atoms with Gasteiger partial charge in [0.05, 0.1) is 31.0 Å². The van der Waals surface area contributed by atoms with Crippen LogP contribution in [-0.4, -0.2) is 18.9 Å². The van der Waals surface area contributed by atoms with Crippen LogP contribution in [0.4, 0.5) is 21.9 Å². The van der Waals surface area contributed by atoms with E-state index in [0.29, 0.717) is 34.9 Å². The average molecular weight is 496 g/mol. The zero-order chi connectivity index (χ0) is 25.4. The van der Waals surface area contributed by atoms with E-state index >= 15 is 0 Å². The number of urea groups is 1. The third-order valence-electron chi connectivity index (χ3n) is 6.81. The quantitative estimate of drug-likeness (QED) is 0.336. The van der Waals surface area contributed by atoms with Gasteiger partial charge in [-0.1, -0.05) is 12.1 Å². The van der Waals surface area contributed by atoms with E-state index in [2.05, 4.69) is 10.6 Å². The number of rotatable bonds is 4. The number of carbonyl (C=O) groups excluding carboxylic acids is 2. The van der Waals surface area contributed by atoms with Gasteiger partial charge >= 0.3 is 6.03 Å². The van der Waals surface area contributed by atoms with Crippen molar-refractivity contribution in [2.75, 3.05) is 22.6 Å². The highest BCUT2D eigenvalue weighted by Crippen LogP contribution is 2.47. The number of carbonyl (C=O) groups is 2. The molecular formula is C29H25N3O5. The van der Waals surface area contributed by atoms with Crippen molar-refractivity contribution in [2.45, 2.75) is 24.8 Å². The van der Waals surface area contributed by atoms with Gasteiger partial charge in [0.2, 0.25) is 0 Å². The van der Waals surface area contributed by atoms with Crippen LogP contribution in [0.3, 0.4) is 0 Å². The second-order valence-electron chi connectivity index (χ2n) is 9.02. The van der Waals surface area contributed by atoms with Crippen molar-refractivity contribution < 1.29 is 23.2 Å². The van der Waals surface area contributed by atoms with Crippen molar-refractivity contribution in [3.63, 3.8) is 0 Å². The van der Waals surface area contributed by atoms with Crippen LogP contribution in [0.1, 0.15) is 36.3 Å². The van der Waals surface area contributed by atoms with E-state index in [9.17, 15) is 9.59 Å². The zero-order valence-corrected chi connectivity index (χ0v) is 20.1. The summed E-state index contributed by atoms with van der Waals surface area (Å²) < 4.78 is 16.7. The Morgan fingerprint density at radius 3 is 2.38 bits per heavy atom. The van der Waals surface area contributed by atoms with E-state index in [1.165, 1.54) is 0 Å². The van der Waals surface area contributed by atoms with Gasteiger partial charge in [0.25, 0.3) is 0 Å². The van der Waals surface area contributed by atoms with Crippen LogP contribution >= 0.6 is 0 Å². The average Bonchev–Trinajstić information content (AvgIpc) is 3.62. The molecule has 1 aliphatic heterocycles. The number of benzene rings is 2. The Kier molecular flexibility index (Phi) is 5.76. The van der Waals surface area contributed by atoms with Gasteiger partial charge in [-0.25, -0.2) is 4.79 Å². The van der Waals surface area contributed by atoms with Crippen LogP contribution in [0.2, 0.25) is 0 Å². The van der Waals surface area contributed by atoms with Gasteiger partial charge in [0.1, 0.15) is 23.3 Å². The molecule has 4 aromatic rings. The zero-order valence-electron chi connectivity index (χ0n) is 20.1. The predicted molar refractivity (Wildman–Crippen MR) is 139 cm³/mol. The highest BCUT2D eigenvalue weighted by atomic mass is 16.5. The van der Waals surface area contributed by atoms with Crippen LogP contribution in [0.25, 0.3) is 0 Å². The van der Waals surface area contributed by atoms with Crippen LogP contribution in [0.15, 0.2) is 105 Å². The number of fused-ring (bicyclic) bond motifs is 1. The summed E-state index contributed by atoms with van der Waals surface area (Å²) in [5, 5.41) is 6.45. The third kappa shape index (κ3) is 4.16. The fraction of sp³-hybridized carbons (Fsp3) is 0.172. The molecule has 0 radical (unpaired) electrons. The van der Waals surface area contributed by atoms with Crippen molar-refractivity contribution in [2.24, 2.45) is 0 Å². The van der Waals surface area contributed by atoms with Gasteiger partial charge in [0, 0.05) is 29.3 Å². The van der Waals surface area contributed by atoms with Crippen molar-refractivity contribution in [3.8, 4) is 5.75 Å². The number of hydrogen-bond acceptors (Lipinski definition) is 6. The summed E-state index contributed by atoms with van der Waals surface area (Å²) in [5.74, 6) is 1.79. The van der Waals surface area contributed by atoms with Crippen molar-refractivity contribution in [1.82, 2.24) is 0 Å². The Labute approximate surface area is 213 Å². The van der Waals surface area contributed by atoms with Gasteiger partial charge in [-0.15, -0.1) is 0 Å². The summed E-state index contributed by atoms with van der Waals surface area (Å²) in [6.45, 7) is 0. The van der Waals surface area contributed by atoms with Gasteiger partial charge in [-0.05, 0) is 67.1 Å². The van der Waals surface area contributed by atoms with Crippen LogP contribution in [0, 0.1) is 0 Å². The molecule has 2 N–H and O–H groups in total. The number of Topliss-reactive ketones (excluding diaryl/α,β-unsaturated/α-hetero) is 1. The Balaban J connectivity index is 1.47. The lowest BCUT2D eigenvalue weighted by Crippen LogP contribution is -2.40. The molecule has 3 heterocycles. The summed E-state index contributed by atoms with van der Waals surface area (Å²) in [6, 6.07) is 20.7. The maximum atomic E-state index is 13.9. The maximum Gasteiger partial charge on any atom is 0.327 e. The Bertz CT molecular complexity index is 1460. The first-order valence-corrected chi connectivity index (χ1v) is 12.1. The molecule has 0 saturated heterocycles. The van der Waals surface area contributed by atoms with Crippen LogP contribution < -0.4 is 20.3 Å². The van der Waals surface area contributed by atoms with Gasteiger partial charge in [-0.3, -0.25) is 9.69 Å².